The predicted octanol–water partition coefficient (Wildman–Crippen LogP) is 1.16. The molecule has 1 aromatic heterocycles. The van der Waals surface area contributed by atoms with Crippen molar-refractivity contribution in [1.29, 1.82) is 0 Å². The highest BCUT2D eigenvalue weighted by Gasteiger charge is 2.25. The molecule has 8 heteroatoms. The van der Waals surface area contributed by atoms with E-state index >= 15 is 0 Å². The highest BCUT2D eigenvalue weighted by Crippen LogP contribution is 2.25. The number of para-hydroxylation sites is 2. The fourth-order valence-electron chi connectivity index (χ4n) is 1.69. The molecule has 0 bridgehead atoms. The Hall–Kier alpha value is -2.48. The van der Waals surface area contributed by atoms with Crippen molar-refractivity contribution in [3.05, 3.63) is 34.8 Å². The number of hydrogen-bond donors (Lipinski definition) is 2. The number of aromatic nitrogens is 2. The van der Waals surface area contributed by atoms with Crippen LogP contribution in [-0.2, 0) is 4.79 Å². The lowest BCUT2D eigenvalue weighted by Crippen LogP contribution is -2.36. The summed E-state index contributed by atoms with van der Waals surface area (Å²) in [4.78, 5) is 24.9. The van der Waals surface area contributed by atoms with E-state index in [-0.39, 0.29) is 0 Å². The van der Waals surface area contributed by atoms with Crippen LogP contribution in [0.4, 0.5) is 11.4 Å². The molecule has 3 N–H and O–H groups in total. The number of nitrogens with two attached hydrogens (primary N) is 1. The van der Waals surface area contributed by atoms with Crippen LogP contribution in [0.1, 0.15) is 15.4 Å². The average molecular weight is 292 g/mol. The number of benzene rings is 1. The molecule has 0 aliphatic heterocycles. The second-order valence-corrected chi connectivity index (χ2v) is 4.79. The van der Waals surface area contributed by atoms with E-state index in [4.69, 9.17) is 10.8 Å². The number of aryl methyl sites for hydroxylation is 1. The molecule has 1 amide bonds. The number of nitrogens with zero attached hydrogens (tertiary/aromatic N) is 3. The van der Waals surface area contributed by atoms with Crippen LogP contribution >= 0.6 is 11.5 Å². The number of anilines is 2. The second kappa shape index (κ2) is 5.66. The maximum Gasteiger partial charge on any atom is 0.323 e. The molecule has 104 valence electrons. The van der Waals surface area contributed by atoms with Crippen LogP contribution < -0.4 is 10.6 Å². The molecular formula is C12H12N4O3S. The zero-order chi connectivity index (χ0) is 14.7. The molecule has 0 spiro atoms. The Morgan fingerprint density at radius 1 is 1.40 bits per heavy atom. The van der Waals surface area contributed by atoms with E-state index < -0.39 is 18.4 Å². The van der Waals surface area contributed by atoms with Gasteiger partial charge in [-0.2, -0.15) is 0 Å². The first-order chi connectivity index (χ1) is 9.50. The lowest BCUT2D eigenvalue weighted by Gasteiger charge is -2.21. The first-order valence-electron chi connectivity index (χ1n) is 5.68. The molecule has 0 aliphatic rings. The maximum absolute atomic E-state index is 12.5. The molecule has 0 atom stereocenters. The van der Waals surface area contributed by atoms with E-state index in [9.17, 15) is 9.59 Å². The van der Waals surface area contributed by atoms with Gasteiger partial charge in [0.1, 0.15) is 11.4 Å². The van der Waals surface area contributed by atoms with Gasteiger partial charge in [0.25, 0.3) is 5.91 Å². The van der Waals surface area contributed by atoms with Gasteiger partial charge in [0, 0.05) is 0 Å². The second-order valence-electron chi connectivity index (χ2n) is 4.03. The number of aliphatic carboxylic acids is 1. The van der Waals surface area contributed by atoms with Crippen LogP contribution in [0, 0.1) is 6.92 Å². The standard InChI is InChI=1S/C12H12N4O3S/c1-7-11(20-15-14-7)12(19)16(6-10(17)18)9-5-3-2-4-8(9)13/h2-5H,6,13H2,1H3,(H,17,18). The fraction of sp³-hybridized carbons (Fsp3) is 0.167. The third-order valence-electron chi connectivity index (χ3n) is 2.61. The molecule has 2 aromatic rings. The minimum Gasteiger partial charge on any atom is -0.480 e. The zero-order valence-corrected chi connectivity index (χ0v) is 11.4. The smallest absolute Gasteiger partial charge is 0.323 e. The molecule has 2 rings (SSSR count). The largest absolute Gasteiger partial charge is 0.480 e. The van der Waals surface area contributed by atoms with E-state index in [0.717, 1.165) is 16.4 Å². The van der Waals surface area contributed by atoms with Gasteiger partial charge in [0.2, 0.25) is 0 Å². The van der Waals surface area contributed by atoms with E-state index in [0.29, 0.717) is 21.9 Å². The van der Waals surface area contributed by atoms with E-state index in [1.807, 2.05) is 0 Å². The van der Waals surface area contributed by atoms with Crippen molar-refractivity contribution in [2.75, 3.05) is 17.2 Å². The summed E-state index contributed by atoms with van der Waals surface area (Å²) in [6, 6.07) is 6.60. The molecule has 0 radical (unpaired) electrons. The summed E-state index contributed by atoms with van der Waals surface area (Å²) in [5.41, 5.74) is 6.96. The molecule has 1 heterocycles. The van der Waals surface area contributed by atoms with Crippen LogP contribution in [0.15, 0.2) is 24.3 Å². The fourth-order valence-corrected chi connectivity index (χ4v) is 2.29. The van der Waals surface area contributed by atoms with E-state index in [2.05, 4.69) is 9.59 Å². The normalized spacial score (nSPS) is 10.2. The number of amides is 1. The maximum atomic E-state index is 12.5. The highest BCUT2D eigenvalue weighted by atomic mass is 32.1. The summed E-state index contributed by atoms with van der Waals surface area (Å²) in [5, 5.41) is 12.7. The summed E-state index contributed by atoms with van der Waals surface area (Å²) in [7, 11) is 0. The minimum absolute atomic E-state index is 0.300. The van der Waals surface area contributed by atoms with Crippen molar-refractivity contribution in [3.63, 3.8) is 0 Å². The summed E-state index contributed by atoms with van der Waals surface area (Å²) in [6.07, 6.45) is 0. The lowest BCUT2D eigenvalue weighted by atomic mass is 10.2. The third-order valence-corrected chi connectivity index (χ3v) is 3.43. The first kappa shape index (κ1) is 13.9. The van der Waals surface area contributed by atoms with Crippen LogP contribution in [0.25, 0.3) is 0 Å². The Morgan fingerprint density at radius 2 is 2.10 bits per heavy atom. The van der Waals surface area contributed by atoms with Crippen molar-refractivity contribution < 1.29 is 14.7 Å². The zero-order valence-electron chi connectivity index (χ0n) is 10.6. The van der Waals surface area contributed by atoms with Gasteiger partial charge in [-0.1, -0.05) is 16.6 Å². The summed E-state index contributed by atoms with van der Waals surface area (Å²) in [6.45, 7) is 1.16. The van der Waals surface area contributed by atoms with Crippen molar-refractivity contribution in [2.24, 2.45) is 0 Å². The van der Waals surface area contributed by atoms with Gasteiger partial charge in [-0.05, 0) is 30.6 Å². The summed E-state index contributed by atoms with van der Waals surface area (Å²) in [5.74, 6) is -1.60. The first-order valence-corrected chi connectivity index (χ1v) is 6.45. The third kappa shape index (κ3) is 2.75. The van der Waals surface area contributed by atoms with Gasteiger partial charge in [-0.15, -0.1) is 5.10 Å². The van der Waals surface area contributed by atoms with Crippen molar-refractivity contribution in [3.8, 4) is 0 Å². The van der Waals surface area contributed by atoms with Crippen molar-refractivity contribution in [2.45, 2.75) is 6.92 Å². The minimum atomic E-state index is -1.13. The van der Waals surface area contributed by atoms with Crippen LogP contribution in [0.3, 0.4) is 0 Å². The number of carbonyl (C=O) groups excluding carboxylic acids is 1. The highest BCUT2D eigenvalue weighted by molar-refractivity contribution is 7.08. The Morgan fingerprint density at radius 3 is 2.65 bits per heavy atom. The van der Waals surface area contributed by atoms with Crippen molar-refractivity contribution >= 4 is 34.8 Å². The number of hydrogen-bond acceptors (Lipinski definition) is 6. The number of carboxylic acids is 1. The summed E-state index contributed by atoms with van der Waals surface area (Å²) >= 11 is 0.928. The van der Waals surface area contributed by atoms with Crippen LogP contribution in [-0.4, -0.2) is 33.1 Å². The van der Waals surface area contributed by atoms with Gasteiger partial charge >= 0.3 is 5.97 Å². The van der Waals surface area contributed by atoms with Gasteiger partial charge < -0.3 is 10.8 Å². The van der Waals surface area contributed by atoms with Gasteiger partial charge in [-0.25, -0.2) is 0 Å². The Balaban J connectivity index is 2.43. The Bertz CT molecular complexity index is 656. The molecule has 0 fully saturated rings. The Labute approximate surface area is 118 Å². The molecule has 1 aromatic carbocycles. The van der Waals surface area contributed by atoms with Gasteiger partial charge in [-0.3, -0.25) is 14.5 Å². The molecule has 20 heavy (non-hydrogen) atoms. The number of nitrogen functional groups attached to an aromatic ring is 1. The van der Waals surface area contributed by atoms with Crippen LogP contribution in [0.2, 0.25) is 0 Å². The number of carbonyl (C=O) groups is 2. The van der Waals surface area contributed by atoms with Gasteiger partial charge in [0.05, 0.1) is 17.1 Å². The van der Waals surface area contributed by atoms with Gasteiger partial charge in [0.15, 0.2) is 0 Å². The molecule has 0 unspecified atom stereocenters. The average Bonchev–Trinajstić information content (AvgIpc) is 2.82. The van der Waals surface area contributed by atoms with E-state index in [1.165, 1.54) is 0 Å². The molecular weight excluding hydrogens is 280 g/mol. The predicted molar refractivity (Wildman–Crippen MR) is 74.8 cm³/mol. The Kier molecular flexibility index (Phi) is 3.94. The van der Waals surface area contributed by atoms with Crippen molar-refractivity contribution in [1.82, 2.24) is 9.59 Å². The van der Waals surface area contributed by atoms with E-state index in [1.54, 1.807) is 31.2 Å². The summed E-state index contributed by atoms with van der Waals surface area (Å²) < 4.78 is 3.69. The molecule has 0 saturated heterocycles. The topological polar surface area (TPSA) is 109 Å². The quantitative estimate of drug-likeness (QED) is 0.818. The molecule has 0 saturated carbocycles. The number of carboxylic acid groups (broad SMARTS) is 1. The molecule has 0 aliphatic carbocycles. The number of rotatable bonds is 4. The monoisotopic (exact) mass is 292 g/mol. The molecule has 7 nitrogen and oxygen atoms in total. The SMILES string of the molecule is Cc1nnsc1C(=O)N(CC(=O)O)c1ccccc1N. The van der Waals surface area contributed by atoms with Crippen LogP contribution in [0.5, 0.6) is 0 Å². The lowest BCUT2D eigenvalue weighted by molar-refractivity contribution is -0.135.